The predicted molar refractivity (Wildman–Crippen MR) is 70.2 cm³/mol. The van der Waals surface area contributed by atoms with Gasteiger partial charge in [-0.2, -0.15) is 0 Å². The molecule has 0 radical (unpaired) electrons. The van der Waals surface area contributed by atoms with Gasteiger partial charge >= 0.3 is 5.97 Å². The highest BCUT2D eigenvalue weighted by atomic mass is 32.2. The lowest BCUT2D eigenvalue weighted by atomic mass is 9.95. The summed E-state index contributed by atoms with van der Waals surface area (Å²) in [6.45, 7) is 0. The molecule has 0 heterocycles. The summed E-state index contributed by atoms with van der Waals surface area (Å²) in [6, 6.07) is 9.37. The fourth-order valence-electron chi connectivity index (χ4n) is 1.80. The number of carbonyl (C=O) groups is 1. The second-order valence-corrected chi connectivity index (χ2v) is 6.76. The molecule has 5 heteroatoms. The Kier molecular flexibility index (Phi) is 5.34. The lowest BCUT2D eigenvalue weighted by Crippen LogP contribution is -2.18. The van der Waals surface area contributed by atoms with E-state index in [1.807, 2.05) is 30.3 Å². The Balaban J connectivity index is 2.54. The van der Waals surface area contributed by atoms with Crippen LogP contribution < -0.4 is 0 Å². The molecule has 0 aliphatic rings. The first-order valence-electron chi connectivity index (χ1n) is 5.83. The van der Waals surface area contributed by atoms with Gasteiger partial charge in [0.2, 0.25) is 0 Å². The molecule has 1 atom stereocenters. The molecular formula is C13H18O4S. The molecule has 1 rings (SSSR count). The maximum atomic E-state index is 11.1. The van der Waals surface area contributed by atoms with Gasteiger partial charge in [0.05, 0.1) is 5.92 Å². The molecule has 4 nitrogen and oxygen atoms in total. The molecule has 0 saturated heterocycles. The summed E-state index contributed by atoms with van der Waals surface area (Å²) in [5, 5.41) is 9.11. The standard InChI is InChI=1S/C13H18O4S/c1-18(16,17)9-5-8-12(13(14)15)10-11-6-3-2-4-7-11/h2-4,6-7,12H,5,8-10H2,1H3,(H,14,15). The molecule has 1 aromatic rings. The first kappa shape index (κ1) is 14.7. The number of carboxylic acids is 1. The summed E-state index contributed by atoms with van der Waals surface area (Å²) >= 11 is 0. The van der Waals surface area contributed by atoms with Crippen molar-refractivity contribution in [2.75, 3.05) is 12.0 Å². The lowest BCUT2D eigenvalue weighted by Gasteiger charge is -2.11. The van der Waals surface area contributed by atoms with Crippen LogP contribution in [0.15, 0.2) is 30.3 Å². The fraction of sp³-hybridized carbons (Fsp3) is 0.462. The van der Waals surface area contributed by atoms with Crippen molar-refractivity contribution in [3.05, 3.63) is 35.9 Å². The van der Waals surface area contributed by atoms with E-state index < -0.39 is 21.7 Å². The van der Waals surface area contributed by atoms with Crippen molar-refractivity contribution in [2.24, 2.45) is 5.92 Å². The zero-order valence-electron chi connectivity index (χ0n) is 10.4. The van der Waals surface area contributed by atoms with Crippen LogP contribution in [0.25, 0.3) is 0 Å². The first-order valence-corrected chi connectivity index (χ1v) is 7.89. The minimum Gasteiger partial charge on any atom is -0.481 e. The van der Waals surface area contributed by atoms with Gasteiger partial charge in [0, 0.05) is 12.0 Å². The predicted octanol–water partition coefficient (Wildman–Crippen LogP) is 1.75. The Labute approximate surface area is 108 Å². The largest absolute Gasteiger partial charge is 0.481 e. The van der Waals surface area contributed by atoms with Crippen LogP contribution in [0.5, 0.6) is 0 Å². The molecule has 0 amide bonds. The Bertz CT molecular complexity index is 479. The number of hydrogen-bond donors (Lipinski definition) is 1. The molecule has 0 bridgehead atoms. The van der Waals surface area contributed by atoms with E-state index >= 15 is 0 Å². The molecule has 1 N–H and O–H groups in total. The molecule has 0 saturated carbocycles. The van der Waals surface area contributed by atoms with E-state index in [0.717, 1.165) is 5.56 Å². The maximum Gasteiger partial charge on any atom is 0.306 e. The minimum absolute atomic E-state index is 0.0472. The summed E-state index contributed by atoms with van der Waals surface area (Å²) in [7, 11) is -3.01. The fourth-order valence-corrected chi connectivity index (χ4v) is 2.49. The van der Waals surface area contributed by atoms with Crippen LogP contribution in [0.2, 0.25) is 0 Å². The normalized spacial score (nSPS) is 13.2. The quantitative estimate of drug-likeness (QED) is 0.819. The van der Waals surface area contributed by atoms with E-state index in [2.05, 4.69) is 0 Å². The summed E-state index contributed by atoms with van der Waals surface area (Å²) in [5.74, 6) is -1.34. The number of benzene rings is 1. The monoisotopic (exact) mass is 270 g/mol. The molecular weight excluding hydrogens is 252 g/mol. The van der Waals surface area contributed by atoms with E-state index in [1.165, 1.54) is 6.26 Å². The summed E-state index contributed by atoms with van der Waals surface area (Å²) in [4.78, 5) is 11.1. The number of hydrogen-bond acceptors (Lipinski definition) is 3. The van der Waals surface area contributed by atoms with Gasteiger partial charge in [0.1, 0.15) is 9.84 Å². The average molecular weight is 270 g/mol. The van der Waals surface area contributed by atoms with Gasteiger partial charge in [0.25, 0.3) is 0 Å². The van der Waals surface area contributed by atoms with Crippen LogP contribution in [0, 0.1) is 5.92 Å². The highest BCUT2D eigenvalue weighted by Gasteiger charge is 2.18. The van der Waals surface area contributed by atoms with Gasteiger partial charge < -0.3 is 5.11 Å². The summed E-state index contributed by atoms with van der Waals surface area (Å²) in [6.07, 6.45) is 2.39. The van der Waals surface area contributed by atoms with Gasteiger partial charge in [0.15, 0.2) is 0 Å². The van der Waals surface area contributed by atoms with E-state index in [4.69, 9.17) is 5.11 Å². The Morgan fingerprint density at radius 3 is 2.39 bits per heavy atom. The summed E-state index contributed by atoms with van der Waals surface area (Å²) < 4.78 is 22.0. The number of carboxylic acid groups (broad SMARTS) is 1. The molecule has 0 aliphatic carbocycles. The van der Waals surface area contributed by atoms with Crippen molar-refractivity contribution >= 4 is 15.8 Å². The Hall–Kier alpha value is -1.36. The molecule has 18 heavy (non-hydrogen) atoms. The van der Waals surface area contributed by atoms with Crippen molar-refractivity contribution in [1.29, 1.82) is 0 Å². The molecule has 0 fully saturated rings. The number of aliphatic carboxylic acids is 1. The van der Waals surface area contributed by atoms with Gasteiger partial charge in [-0.3, -0.25) is 4.79 Å². The first-order chi connectivity index (χ1) is 8.38. The van der Waals surface area contributed by atoms with Crippen LogP contribution >= 0.6 is 0 Å². The van der Waals surface area contributed by atoms with E-state index in [1.54, 1.807) is 0 Å². The number of rotatable bonds is 7. The van der Waals surface area contributed by atoms with Crippen LogP contribution in [-0.4, -0.2) is 31.5 Å². The van der Waals surface area contributed by atoms with E-state index in [9.17, 15) is 13.2 Å². The van der Waals surface area contributed by atoms with Crippen molar-refractivity contribution in [1.82, 2.24) is 0 Å². The Morgan fingerprint density at radius 2 is 1.89 bits per heavy atom. The highest BCUT2D eigenvalue weighted by molar-refractivity contribution is 7.90. The topological polar surface area (TPSA) is 71.4 Å². The molecule has 1 unspecified atom stereocenters. The van der Waals surface area contributed by atoms with Crippen molar-refractivity contribution in [3.63, 3.8) is 0 Å². The zero-order chi connectivity index (χ0) is 13.6. The van der Waals surface area contributed by atoms with Crippen LogP contribution in [0.4, 0.5) is 0 Å². The third-order valence-electron chi connectivity index (χ3n) is 2.74. The molecule has 0 aromatic heterocycles. The smallest absolute Gasteiger partial charge is 0.306 e. The Morgan fingerprint density at radius 1 is 1.28 bits per heavy atom. The molecule has 0 spiro atoms. The van der Waals surface area contributed by atoms with Crippen molar-refractivity contribution < 1.29 is 18.3 Å². The van der Waals surface area contributed by atoms with Crippen LogP contribution in [0.3, 0.4) is 0 Å². The SMILES string of the molecule is CS(=O)(=O)CCCC(Cc1ccccc1)C(=O)O. The van der Waals surface area contributed by atoms with Crippen LogP contribution in [-0.2, 0) is 21.1 Å². The second kappa shape index (κ2) is 6.54. The molecule has 0 aliphatic heterocycles. The van der Waals surface area contributed by atoms with E-state index in [0.29, 0.717) is 19.3 Å². The average Bonchev–Trinajstić information content (AvgIpc) is 2.27. The van der Waals surface area contributed by atoms with Crippen molar-refractivity contribution in [2.45, 2.75) is 19.3 Å². The number of sulfone groups is 1. The third kappa shape index (κ3) is 5.82. The van der Waals surface area contributed by atoms with Gasteiger partial charge in [-0.25, -0.2) is 8.42 Å². The lowest BCUT2D eigenvalue weighted by molar-refractivity contribution is -0.141. The van der Waals surface area contributed by atoms with Crippen molar-refractivity contribution in [3.8, 4) is 0 Å². The van der Waals surface area contributed by atoms with Gasteiger partial charge in [-0.05, 0) is 24.8 Å². The minimum atomic E-state index is -3.01. The zero-order valence-corrected chi connectivity index (χ0v) is 11.2. The van der Waals surface area contributed by atoms with Gasteiger partial charge in [-0.15, -0.1) is 0 Å². The van der Waals surface area contributed by atoms with Crippen LogP contribution in [0.1, 0.15) is 18.4 Å². The second-order valence-electron chi connectivity index (χ2n) is 4.50. The molecule has 1 aromatic carbocycles. The summed E-state index contributed by atoms with van der Waals surface area (Å²) in [5.41, 5.74) is 0.962. The van der Waals surface area contributed by atoms with E-state index in [-0.39, 0.29) is 5.75 Å². The third-order valence-corrected chi connectivity index (χ3v) is 3.77. The molecule has 100 valence electrons. The maximum absolute atomic E-state index is 11.1. The highest BCUT2D eigenvalue weighted by Crippen LogP contribution is 2.15. The van der Waals surface area contributed by atoms with Gasteiger partial charge in [-0.1, -0.05) is 30.3 Å².